The van der Waals surface area contributed by atoms with E-state index in [1.165, 1.54) is 0 Å². The highest BCUT2D eigenvalue weighted by Gasteiger charge is 2.29. The van der Waals surface area contributed by atoms with Crippen molar-refractivity contribution in [3.63, 3.8) is 0 Å². The molecule has 9 nitrogen and oxygen atoms in total. The van der Waals surface area contributed by atoms with Crippen LogP contribution in [0.4, 0.5) is 0 Å². The number of imidazole rings is 1. The van der Waals surface area contributed by atoms with Crippen molar-refractivity contribution in [2.45, 2.75) is 53.0 Å². The molecule has 1 N–H and O–H groups in total. The van der Waals surface area contributed by atoms with Crippen molar-refractivity contribution in [1.29, 1.82) is 0 Å². The van der Waals surface area contributed by atoms with E-state index in [9.17, 15) is 9.59 Å². The Morgan fingerprint density at radius 2 is 2.10 bits per heavy atom. The number of esters is 1. The number of nitrogens with one attached hydrogen (secondary N) is 1. The van der Waals surface area contributed by atoms with Gasteiger partial charge in [-0.3, -0.25) is 9.48 Å². The first-order valence-electron chi connectivity index (χ1n) is 10.9. The molecule has 0 spiro atoms. The van der Waals surface area contributed by atoms with Crippen LogP contribution in [-0.2, 0) is 35.9 Å². The maximum Gasteiger partial charge on any atom is 0.358 e. The van der Waals surface area contributed by atoms with Gasteiger partial charge in [-0.05, 0) is 26.2 Å². The van der Waals surface area contributed by atoms with Crippen LogP contribution in [0.1, 0.15) is 65.8 Å². The molecular formula is C22H33N5O4. The monoisotopic (exact) mass is 431 g/mol. The number of amides is 1. The van der Waals surface area contributed by atoms with Crippen molar-refractivity contribution in [2.24, 2.45) is 12.5 Å². The van der Waals surface area contributed by atoms with E-state index in [-0.39, 0.29) is 17.9 Å². The Labute approximate surface area is 183 Å². The first kappa shape index (κ1) is 23.0. The van der Waals surface area contributed by atoms with Crippen LogP contribution in [0.5, 0.6) is 0 Å². The van der Waals surface area contributed by atoms with Crippen molar-refractivity contribution >= 4 is 11.9 Å². The molecule has 31 heavy (non-hydrogen) atoms. The Bertz CT molecular complexity index is 915. The fraction of sp³-hybridized carbons (Fsp3) is 0.636. The van der Waals surface area contributed by atoms with Crippen molar-refractivity contribution in [2.75, 3.05) is 26.4 Å². The molecule has 3 rings (SSSR count). The van der Waals surface area contributed by atoms with Gasteiger partial charge < -0.3 is 19.4 Å². The van der Waals surface area contributed by atoms with E-state index in [4.69, 9.17) is 14.6 Å². The summed E-state index contributed by atoms with van der Waals surface area (Å²) in [6.07, 6.45) is 6.14. The zero-order valence-corrected chi connectivity index (χ0v) is 18.9. The topological polar surface area (TPSA) is 100 Å². The molecule has 0 aromatic carbocycles. The lowest BCUT2D eigenvalue weighted by Gasteiger charge is -2.23. The lowest BCUT2D eigenvalue weighted by molar-refractivity contribution is 0.0333. The van der Waals surface area contributed by atoms with Crippen LogP contribution in [-0.4, -0.2) is 57.6 Å². The summed E-state index contributed by atoms with van der Waals surface area (Å²) >= 11 is 0. The van der Waals surface area contributed by atoms with Gasteiger partial charge in [-0.25, -0.2) is 9.78 Å². The highest BCUT2D eigenvalue weighted by molar-refractivity contribution is 5.94. The molecule has 1 aliphatic rings. The summed E-state index contributed by atoms with van der Waals surface area (Å²) in [4.78, 5) is 29.2. The maximum absolute atomic E-state index is 12.9. The normalized spacial score (nSPS) is 15.7. The lowest BCUT2D eigenvalue weighted by Crippen LogP contribution is -2.28. The van der Waals surface area contributed by atoms with E-state index in [0.717, 1.165) is 30.5 Å². The highest BCUT2D eigenvalue weighted by Crippen LogP contribution is 2.27. The third-order valence-electron chi connectivity index (χ3n) is 5.27. The Hall–Kier alpha value is -2.68. The zero-order valence-electron chi connectivity index (χ0n) is 18.9. The number of hydrogen-bond donors (Lipinski definition) is 1. The molecule has 1 aliphatic heterocycles. The highest BCUT2D eigenvalue weighted by atomic mass is 16.5. The van der Waals surface area contributed by atoms with Gasteiger partial charge in [0.15, 0.2) is 5.69 Å². The molecule has 0 atom stereocenters. The van der Waals surface area contributed by atoms with E-state index in [2.05, 4.69) is 10.3 Å². The molecule has 170 valence electrons. The number of ether oxygens (including phenoxy) is 2. The molecule has 2 aromatic heterocycles. The number of carbonyl (C=O) groups excluding carboxylic acids is 2. The van der Waals surface area contributed by atoms with Crippen LogP contribution < -0.4 is 5.32 Å². The second-order valence-electron chi connectivity index (χ2n) is 8.76. The lowest BCUT2D eigenvalue weighted by atomic mass is 9.86. The third-order valence-corrected chi connectivity index (χ3v) is 5.27. The molecule has 0 saturated carbocycles. The van der Waals surface area contributed by atoms with Crippen molar-refractivity contribution < 1.29 is 19.1 Å². The van der Waals surface area contributed by atoms with Gasteiger partial charge in [-0.2, -0.15) is 5.10 Å². The minimum atomic E-state index is -0.441. The Morgan fingerprint density at radius 1 is 1.32 bits per heavy atom. The quantitative estimate of drug-likeness (QED) is 0.704. The summed E-state index contributed by atoms with van der Waals surface area (Å²) in [6.45, 7) is 8.78. The van der Waals surface area contributed by atoms with Gasteiger partial charge in [0, 0.05) is 56.9 Å². The molecule has 0 bridgehead atoms. The predicted octanol–water partition coefficient (Wildman–Crippen LogP) is 2.14. The largest absolute Gasteiger partial charge is 0.460 e. The number of carbonyl (C=O) groups is 2. The average molecular weight is 432 g/mol. The van der Waals surface area contributed by atoms with Crippen molar-refractivity contribution in [3.05, 3.63) is 35.2 Å². The summed E-state index contributed by atoms with van der Waals surface area (Å²) in [5.74, 6) is -0.527. The van der Waals surface area contributed by atoms with E-state index in [0.29, 0.717) is 44.1 Å². The molecule has 0 fully saturated rings. The minimum Gasteiger partial charge on any atom is -0.460 e. The van der Waals surface area contributed by atoms with Gasteiger partial charge in [0.2, 0.25) is 0 Å². The fourth-order valence-electron chi connectivity index (χ4n) is 3.71. The SMILES string of the molecule is CCn1nc(CC(C)(C)COC(=O)c2cn(C)cn2)c2c1C(=O)NCCCOCCC2. The van der Waals surface area contributed by atoms with Crippen LogP contribution in [0, 0.1) is 5.41 Å². The summed E-state index contributed by atoms with van der Waals surface area (Å²) in [5, 5.41) is 7.75. The molecule has 1 amide bonds. The van der Waals surface area contributed by atoms with Gasteiger partial charge in [0.1, 0.15) is 5.69 Å². The summed E-state index contributed by atoms with van der Waals surface area (Å²) < 4.78 is 14.7. The van der Waals surface area contributed by atoms with Crippen LogP contribution in [0.3, 0.4) is 0 Å². The number of aromatic nitrogens is 4. The summed E-state index contributed by atoms with van der Waals surface area (Å²) in [6, 6.07) is 0. The fourth-order valence-corrected chi connectivity index (χ4v) is 3.71. The predicted molar refractivity (Wildman–Crippen MR) is 115 cm³/mol. The molecular weight excluding hydrogens is 398 g/mol. The van der Waals surface area contributed by atoms with Gasteiger partial charge in [0.25, 0.3) is 5.91 Å². The Balaban J connectivity index is 1.77. The van der Waals surface area contributed by atoms with Crippen LogP contribution >= 0.6 is 0 Å². The molecule has 0 radical (unpaired) electrons. The molecule has 2 aromatic rings. The molecule has 0 saturated heterocycles. The van der Waals surface area contributed by atoms with Crippen LogP contribution in [0.15, 0.2) is 12.5 Å². The van der Waals surface area contributed by atoms with Gasteiger partial charge in [-0.1, -0.05) is 13.8 Å². The molecule has 0 unspecified atom stereocenters. The molecule has 0 aliphatic carbocycles. The van der Waals surface area contributed by atoms with E-state index in [1.807, 2.05) is 20.8 Å². The number of hydrogen-bond acceptors (Lipinski definition) is 6. The van der Waals surface area contributed by atoms with Gasteiger partial charge in [-0.15, -0.1) is 0 Å². The van der Waals surface area contributed by atoms with E-state index < -0.39 is 5.97 Å². The first-order valence-corrected chi connectivity index (χ1v) is 10.9. The number of fused-ring (bicyclic) bond motifs is 1. The first-order chi connectivity index (χ1) is 14.8. The van der Waals surface area contributed by atoms with Gasteiger partial charge >= 0.3 is 5.97 Å². The summed E-state index contributed by atoms with van der Waals surface area (Å²) in [5.41, 5.74) is 2.42. The second-order valence-corrected chi connectivity index (χ2v) is 8.76. The van der Waals surface area contributed by atoms with E-state index in [1.54, 1.807) is 28.8 Å². The van der Waals surface area contributed by atoms with Gasteiger partial charge in [0.05, 0.1) is 18.6 Å². The molecule has 9 heteroatoms. The number of aryl methyl sites for hydroxylation is 2. The third kappa shape index (κ3) is 5.94. The maximum atomic E-state index is 12.9. The second kappa shape index (κ2) is 10.1. The number of nitrogens with zero attached hydrogens (tertiary/aromatic N) is 4. The minimum absolute atomic E-state index is 0.0862. The molecule has 3 heterocycles. The van der Waals surface area contributed by atoms with Crippen molar-refractivity contribution in [1.82, 2.24) is 24.6 Å². The Kier molecular flexibility index (Phi) is 7.48. The smallest absolute Gasteiger partial charge is 0.358 e. The van der Waals surface area contributed by atoms with E-state index >= 15 is 0 Å². The zero-order chi connectivity index (χ0) is 22.4. The standard InChI is InChI=1S/C22H33N5O4/c1-5-27-19-16(8-6-10-30-11-7-9-23-20(19)28)17(25-27)12-22(2,3)14-31-21(29)18-13-26(4)15-24-18/h13,15H,5-12,14H2,1-4H3,(H,23,28). The van der Waals surface area contributed by atoms with Crippen LogP contribution in [0.25, 0.3) is 0 Å². The van der Waals surface area contributed by atoms with Crippen LogP contribution in [0.2, 0.25) is 0 Å². The summed E-state index contributed by atoms with van der Waals surface area (Å²) in [7, 11) is 1.80. The average Bonchev–Trinajstić information content (AvgIpc) is 3.30. The van der Waals surface area contributed by atoms with Crippen molar-refractivity contribution in [3.8, 4) is 0 Å². The Morgan fingerprint density at radius 3 is 2.81 bits per heavy atom. The number of rotatable bonds is 6.